The number of H-pyrrole nitrogens is 1. The fourth-order valence-electron chi connectivity index (χ4n) is 1.02. The summed E-state index contributed by atoms with van der Waals surface area (Å²) in [5.41, 5.74) is 0.952. The lowest BCUT2D eigenvalue weighted by Crippen LogP contribution is -2.12. The number of sulfone groups is 1. The molecule has 0 aliphatic heterocycles. The van der Waals surface area contributed by atoms with Crippen LogP contribution in [0.15, 0.2) is 6.20 Å². The molecule has 13 heavy (non-hydrogen) atoms. The number of aromatic amines is 1. The van der Waals surface area contributed by atoms with Crippen molar-refractivity contribution in [2.45, 2.75) is 13.5 Å². The maximum absolute atomic E-state index is 10.9. The molecule has 0 aromatic carbocycles. The third-order valence-corrected chi connectivity index (χ3v) is 3.02. The largest absolute Gasteiger partial charge is 0.337 e. The van der Waals surface area contributed by atoms with Crippen LogP contribution in [0.1, 0.15) is 5.69 Å². The van der Waals surface area contributed by atoms with E-state index in [-0.39, 0.29) is 5.75 Å². The third-order valence-electron chi connectivity index (χ3n) is 1.76. The molecule has 0 aliphatic carbocycles. The molecule has 6 heteroatoms. The fraction of sp³-hybridized carbons (Fsp3) is 0.571. The van der Waals surface area contributed by atoms with E-state index in [1.54, 1.807) is 10.8 Å². The number of nitrogens with one attached hydrogen (secondary N) is 1. The van der Waals surface area contributed by atoms with Gasteiger partial charge in [0.05, 0.1) is 5.75 Å². The molecule has 0 saturated carbocycles. The number of nitrogens with zero attached hydrogens (tertiary/aromatic N) is 1. The first kappa shape index (κ1) is 10.5. The van der Waals surface area contributed by atoms with Crippen LogP contribution in [-0.2, 0) is 16.4 Å². The van der Waals surface area contributed by atoms with Gasteiger partial charge in [-0.15, -0.1) is 0 Å². The minimum absolute atomic E-state index is 0.125. The summed E-state index contributed by atoms with van der Waals surface area (Å²) in [7, 11) is -2.91. The Hall–Kier alpha value is -0.620. The summed E-state index contributed by atoms with van der Waals surface area (Å²) in [4.78, 5) is 2.86. The molecule has 0 amide bonds. The summed E-state index contributed by atoms with van der Waals surface area (Å²) in [5, 5.41) is 0. The molecule has 0 radical (unpaired) electrons. The second-order valence-corrected chi connectivity index (χ2v) is 5.66. The molecular formula is C7H12N2O2S2. The second kappa shape index (κ2) is 3.63. The molecule has 0 unspecified atom stereocenters. The maximum Gasteiger partial charge on any atom is 0.177 e. The molecule has 1 N–H and O–H groups in total. The van der Waals surface area contributed by atoms with Crippen molar-refractivity contribution in [2.75, 3.05) is 12.0 Å². The Kier molecular flexibility index (Phi) is 2.92. The van der Waals surface area contributed by atoms with E-state index in [1.165, 1.54) is 6.26 Å². The first-order valence-corrected chi connectivity index (χ1v) is 6.29. The summed E-state index contributed by atoms with van der Waals surface area (Å²) >= 11 is 4.97. The predicted molar refractivity (Wildman–Crippen MR) is 54.1 cm³/mol. The Morgan fingerprint density at radius 3 is 2.62 bits per heavy atom. The average molecular weight is 220 g/mol. The summed E-state index contributed by atoms with van der Waals surface area (Å²) in [6.45, 7) is 2.31. The molecule has 74 valence electrons. The van der Waals surface area contributed by atoms with Gasteiger partial charge < -0.3 is 9.55 Å². The topological polar surface area (TPSA) is 54.9 Å². The molecule has 1 aromatic heterocycles. The summed E-state index contributed by atoms with van der Waals surface area (Å²) < 4.78 is 24.1. The molecule has 4 nitrogen and oxygen atoms in total. The van der Waals surface area contributed by atoms with Crippen LogP contribution < -0.4 is 0 Å². The summed E-state index contributed by atoms with van der Waals surface area (Å²) in [6, 6.07) is 0. The van der Waals surface area contributed by atoms with Crippen LogP contribution in [0.2, 0.25) is 0 Å². The lowest BCUT2D eigenvalue weighted by atomic mass is 10.5. The first-order chi connectivity index (χ1) is 5.90. The van der Waals surface area contributed by atoms with E-state index in [0.717, 1.165) is 5.69 Å². The van der Waals surface area contributed by atoms with E-state index in [1.807, 2.05) is 6.92 Å². The molecule has 0 spiro atoms. The zero-order chi connectivity index (χ0) is 10.1. The Morgan fingerprint density at radius 2 is 2.23 bits per heavy atom. The van der Waals surface area contributed by atoms with Crippen LogP contribution in [-0.4, -0.2) is 30.0 Å². The van der Waals surface area contributed by atoms with Gasteiger partial charge in [-0.2, -0.15) is 0 Å². The predicted octanol–water partition coefficient (Wildman–Crippen LogP) is 0.899. The quantitative estimate of drug-likeness (QED) is 0.770. The van der Waals surface area contributed by atoms with Gasteiger partial charge in [-0.05, 0) is 19.1 Å². The lowest BCUT2D eigenvalue weighted by Gasteiger charge is -2.02. The zero-order valence-electron chi connectivity index (χ0n) is 7.57. The Balaban J connectivity index is 2.82. The van der Waals surface area contributed by atoms with Crippen molar-refractivity contribution in [1.82, 2.24) is 9.55 Å². The standard InChI is InChI=1S/C7H12N2O2S2/c1-6-5-8-7(12)9(6)3-4-13(2,10)11/h5H,3-4H2,1-2H3,(H,8,12). The second-order valence-electron chi connectivity index (χ2n) is 3.02. The fourth-order valence-corrected chi connectivity index (χ4v) is 1.83. The lowest BCUT2D eigenvalue weighted by molar-refractivity contribution is 0.593. The molecule has 0 atom stereocenters. The van der Waals surface area contributed by atoms with Gasteiger partial charge in [-0.25, -0.2) is 8.42 Å². The van der Waals surface area contributed by atoms with E-state index in [4.69, 9.17) is 12.2 Å². The van der Waals surface area contributed by atoms with E-state index in [9.17, 15) is 8.42 Å². The molecular weight excluding hydrogens is 208 g/mol. The van der Waals surface area contributed by atoms with Crippen LogP contribution in [0.25, 0.3) is 0 Å². The molecule has 0 bridgehead atoms. The Bertz CT molecular complexity index is 441. The van der Waals surface area contributed by atoms with Crippen molar-refractivity contribution in [1.29, 1.82) is 0 Å². The smallest absolute Gasteiger partial charge is 0.177 e. The van der Waals surface area contributed by atoms with Crippen molar-refractivity contribution in [2.24, 2.45) is 0 Å². The number of imidazole rings is 1. The zero-order valence-corrected chi connectivity index (χ0v) is 9.20. The Morgan fingerprint density at radius 1 is 1.62 bits per heavy atom. The summed E-state index contributed by atoms with van der Waals surface area (Å²) in [5.74, 6) is 0.125. The van der Waals surface area contributed by atoms with Crippen molar-refractivity contribution in [3.05, 3.63) is 16.7 Å². The highest BCUT2D eigenvalue weighted by Crippen LogP contribution is 2.00. The van der Waals surface area contributed by atoms with Crippen molar-refractivity contribution in [3.63, 3.8) is 0 Å². The van der Waals surface area contributed by atoms with Gasteiger partial charge in [-0.1, -0.05) is 0 Å². The van der Waals surface area contributed by atoms with E-state index >= 15 is 0 Å². The summed E-state index contributed by atoms with van der Waals surface area (Å²) in [6.07, 6.45) is 2.99. The normalized spacial score (nSPS) is 11.8. The van der Waals surface area contributed by atoms with Crippen LogP contribution in [0.4, 0.5) is 0 Å². The average Bonchev–Trinajstić information content (AvgIpc) is 2.27. The third kappa shape index (κ3) is 2.96. The number of hydrogen-bond donors (Lipinski definition) is 1. The molecule has 0 fully saturated rings. The minimum atomic E-state index is -2.91. The highest BCUT2D eigenvalue weighted by atomic mass is 32.2. The highest BCUT2D eigenvalue weighted by Gasteiger charge is 2.04. The number of aryl methyl sites for hydroxylation is 1. The van der Waals surface area contributed by atoms with Crippen molar-refractivity contribution in [3.8, 4) is 0 Å². The van der Waals surface area contributed by atoms with Crippen molar-refractivity contribution >= 4 is 22.1 Å². The van der Waals surface area contributed by atoms with Gasteiger partial charge >= 0.3 is 0 Å². The van der Waals surface area contributed by atoms with Crippen LogP contribution in [0.3, 0.4) is 0 Å². The van der Waals surface area contributed by atoms with Crippen LogP contribution >= 0.6 is 12.2 Å². The number of aromatic nitrogens is 2. The van der Waals surface area contributed by atoms with E-state index < -0.39 is 9.84 Å². The van der Waals surface area contributed by atoms with E-state index in [2.05, 4.69) is 4.98 Å². The maximum atomic E-state index is 10.9. The first-order valence-electron chi connectivity index (χ1n) is 3.83. The van der Waals surface area contributed by atoms with Gasteiger partial charge in [0, 0.05) is 24.7 Å². The monoisotopic (exact) mass is 220 g/mol. The van der Waals surface area contributed by atoms with Gasteiger partial charge in [0.15, 0.2) is 4.77 Å². The molecule has 1 aromatic rings. The SMILES string of the molecule is Cc1c[nH]c(=S)n1CCS(C)(=O)=O. The number of rotatable bonds is 3. The molecule has 0 saturated heterocycles. The molecule has 0 aliphatic rings. The van der Waals surface area contributed by atoms with Crippen LogP contribution in [0, 0.1) is 11.7 Å². The van der Waals surface area contributed by atoms with Gasteiger partial charge in [-0.3, -0.25) is 0 Å². The van der Waals surface area contributed by atoms with Gasteiger partial charge in [0.1, 0.15) is 9.84 Å². The minimum Gasteiger partial charge on any atom is -0.337 e. The van der Waals surface area contributed by atoms with E-state index in [0.29, 0.717) is 11.3 Å². The van der Waals surface area contributed by atoms with Gasteiger partial charge in [0.25, 0.3) is 0 Å². The van der Waals surface area contributed by atoms with Gasteiger partial charge in [0.2, 0.25) is 0 Å². The Labute approximate surface area is 82.5 Å². The van der Waals surface area contributed by atoms with Crippen LogP contribution in [0.5, 0.6) is 0 Å². The van der Waals surface area contributed by atoms with Crippen molar-refractivity contribution < 1.29 is 8.42 Å². The highest BCUT2D eigenvalue weighted by molar-refractivity contribution is 7.90. The molecule has 1 heterocycles. The number of hydrogen-bond acceptors (Lipinski definition) is 3. The molecule has 1 rings (SSSR count).